The average Bonchev–Trinajstić information content (AvgIpc) is 2.69. The second-order valence-corrected chi connectivity index (χ2v) is 6.96. The number of carboxylic acid groups (broad SMARTS) is 1. The van der Waals surface area contributed by atoms with Crippen molar-refractivity contribution in [3.8, 4) is 0 Å². The van der Waals surface area contributed by atoms with Gasteiger partial charge in [-0.15, -0.1) is 0 Å². The lowest BCUT2D eigenvalue weighted by molar-refractivity contribution is -0.136. The van der Waals surface area contributed by atoms with Crippen LogP contribution in [0.5, 0.6) is 0 Å². The van der Waals surface area contributed by atoms with Crippen molar-refractivity contribution in [2.75, 3.05) is 0 Å². The molecule has 1 heterocycles. The monoisotopic (exact) mass is 373 g/mol. The molecule has 0 saturated heterocycles. The third kappa shape index (κ3) is 4.92. The summed E-state index contributed by atoms with van der Waals surface area (Å²) in [6.07, 6.45) is 4.42. The van der Waals surface area contributed by atoms with Crippen LogP contribution in [0.3, 0.4) is 0 Å². The molecule has 2 aromatic carbocycles. The van der Waals surface area contributed by atoms with Crippen LogP contribution in [0.15, 0.2) is 66.9 Å². The van der Waals surface area contributed by atoms with E-state index >= 15 is 0 Å². The summed E-state index contributed by atoms with van der Waals surface area (Å²) in [5.41, 5.74) is 5.76. The van der Waals surface area contributed by atoms with Gasteiger partial charge in [-0.3, -0.25) is 14.6 Å². The number of aliphatic carboxylic acids is 1. The zero-order valence-corrected chi connectivity index (χ0v) is 15.8. The Hall–Kier alpha value is -3.27. The number of aromatic nitrogens is 1. The van der Waals surface area contributed by atoms with Crippen molar-refractivity contribution in [1.29, 1.82) is 0 Å². The van der Waals surface area contributed by atoms with E-state index in [4.69, 9.17) is 5.11 Å². The van der Waals surface area contributed by atoms with E-state index in [2.05, 4.69) is 11.1 Å². The van der Waals surface area contributed by atoms with E-state index in [0.29, 0.717) is 5.56 Å². The molecule has 28 heavy (non-hydrogen) atoms. The van der Waals surface area contributed by atoms with Crippen LogP contribution < -0.4 is 0 Å². The molecule has 4 nitrogen and oxygen atoms in total. The third-order valence-corrected chi connectivity index (χ3v) is 4.92. The van der Waals surface area contributed by atoms with Crippen molar-refractivity contribution in [2.45, 2.75) is 32.1 Å². The first-order valence-corrected chi connectivity index (χ1v) is 9.33. The molecule has 0 saturated carbocycles. The summed E-state index contributed by atoms with van der Waals surface area (Å²) >= 11 is 0. The maximum Gasteiger partial charge on any atom is 0.307 e. The van der Waals surface area contributed by atoms with Gasteiger partial charge in [-0.05, 0) is 54.2 Å². The molecule has 0 aliphatic heterocycles. The topological polar surface area (TPSA) is 67.3 Å². The molecule has 3 rings (SSSR count). The van der Waals surface area contributed by atoms with Crippen LogP contribution in [0.1, 0.15) is 50.6 Å². The van der Waals surface area contributed by atoms with E-state index in [1.54, 1.807) is 0 Å². The molecule has 0 aliphatic carbocycles. The maximum absolute atomic E-state index is 11.6. The van der Waals surface area contributed by atoms with E-state index in [0.717, 1.165) is 47.1 Å². The highest BCUT2D eigenvalue weighted by Gasteiger charge is 2.18. The minimum atomic E-state index is -0.827. The standard InChI is InChI=1S/C24H23NO3/c1-17-14-20(12-13-25-17)23(22-5-3-2-4-21(22)16-26)11-10-18-6-8-19(9-7-18)15-24(27)28/h2-9,12-14,16,23H,10-11,15H2,1H3,(H,27,28)/t23-/m0/s1. The van der Waals surface area contributed by atoms with E-state index in [1.807, 2.05) is 67.7 Å². The van der Waals surface area contributed by atoms with Crippen LogP contribution in [0, 0.1) is 6.92 Å². The molecular weight excluding hydrogens is 350 g/mol. The molecule has 0 amide bonds. The molecule has 0 unspecified atom stereocenters. The first kappa shape index (κ1) is 19.5. The second-order valence-electron chi connectivity index (χ2n) is 6.96. The molecule has 0 aliphatic rings. The summed E-state index contributed by atoms with van der Waals surface area (Å²) in [4.78, 5) is 26.7. The lowest BCUT2D eigenvalue weighted by atomic mass is 9.84. The smallest absolute Gasteiger partial charge is 0.307 e. The van der Waals surface area contributed by atoms with Crippen LogP contribution in [0.25, 0.3) is 0 Å². The summed E-state index contributed by atoms with van der Waals surface area (Å²) in [7, 11) is 0. The minimum Gasteiger partial charge on any atom is -0.481 e. The van der Waals surface area contributed by atoms with E-state index < -0.39 is 5.97 Å². The number of hydrogen-bond acceptors (Lipinski definition) is 3. The molecule has 4 heteroatoms. The summed E-state index contributed by atoms with van der Waals surface area (Å²) in [5, 5.41) is 8.90. The summed E-state index contributed by atoms with van der Waals surface area (Å²) in [6.45, 7) is 1.97. The number of rotatable bonds is 8. The fourth-order valence-corrected chi connectivity index (χ4v) is 3.53. The Balaban J connectivity index is 1.85. The first-order chi connectivity index (χ1) is 13.6. The molecule has 0 fully saturated rings. The highest BCUT2D eigenvalue weighted by Crippen LogP contribution is 2.31. The molecule has 1 atom stereocenters. The van der Waals surface area contributed by atoms with Gasteiger partial charge in [0.2, 0.25) is 0 Å². The van der Waals surface area contributed by atoms with Gasteiger partial charge in [-0.1, -0.05) is 48.5 Å². The van der Waals surface area contributed by atoms with Crippen LogP contribution >= 0.6 is 0 Å². The van der Waals surface area contributed by atoms with Crippen molar-refractivity contribution in [3.05, 3.63) is 100 Å². The third-order valence-electron chi connectivity index (χ3n) is 4.92. The Kier molecular flexibility index (Phi) is 6.33. The minimum absolute atomic E-state index is 0.0336. The normalized spacial score (nSPS) is 11.8. The summed E-state index contributed by atoms with van der Waals surface area (Å²) in [6, 6.07) is 19.5. The number of aldehydes is 1. The van der Waals surface area contributed by atoms with Crippen molar-refractivity contribution < 1.29 is 14.7 Å². The molecule has 142 valence electrons. The van der Waals surface area contributed by atoms with Crippen molar-refractivity contribution in [3.63, 3.8) is 0 Å². The zero-order chi connectivity index (χ0) is 19.9. The summed E-state index contributed by atoms with van der Waals surface area (Å²) in [5.74, 6) is -0.742. The number of carbonyl (C=O) groups excluding carboxylic acids is 1. The van der Waals surface area contributed by atoms with Gasteiger partial charge >= 0.3 is 5.97 Å². The van der Waals surface area contributed by atoms with Gasteiger partial charge in [-0.2, -0.15) is 0 Å². The Labute approximate surface area is 164 Å². The number of pyridine rings is 1. The highest BCUT2D eigenvalue weighted by atomic mass is 16.4. The number of aryl methyl sites for hydroxylation is 2. The van der Waals surface area contributed by atoms with Crippen LogP contribution in [-0.2, 0) is 17.6 Å². The van der Waals surface area contributed by atoms with Gasteiger partial charge in [-0.25, -0.2) is 0 Å². The quantitative estimate of drug-likeness (QED) is 0.586. The molecule has 1 N–H and O–H groups in total. The average molecular weight is 373 g/mol. The van der Waals surface area contributed by atoms with Crippen LogP contribution in [-0.4, -0.2) is 22.3 Å². The maximum atomic E-state index is 11.6. The van der Waals surface area contributed by atoms with Crippen LogP contribution in [0.2, 0.25) is 0 Å². The molecule has 3 aromatic rings. The fourth-order valence-electron chi connectivity index (χ4n) is 3.53. The van der Waals surface area contributed by atoms with E-state index in [-0.39, 0.29) is 12.3 Å². The Morgan fingerprint density at radius 1 is 1.07 bits per heavy atom. The summed E-state index contributed by atoms with van der Waals surface area (Å²) < 4.78 is 0. The Morgan fingerprint density at radius 3 is 2.46 bits per heavy atom. The SMILES string of the molecule is Cc1cc([C@H](CCc2ccc(CC(=O)O)cc2)c2ccccc2C=O)ccn1. The first-order valence-electron chi connectivity index (χ1n) is 9.33. The van der Waals surface area contributed by atoms with Crippen molar-refractivity contribution >= 4 is 12.3 Å². The second kappa shape index (κ2) is 9.09. The highest BCUT2D eigenvalue weighted by molar-refractivity contribution is 5.78. The van der Waals surface area contributed by atoms with Crippen LogP contribution in [0.4, 0.5) is 0 Å². The number of hydrogen-bond donors (Lipinski definition) is 1. The molecule has 0 spiro atoms. The van der Waals surface area contributed by atoms with Gasteiger partial charge in [0.1, 0.15) is 6.29 Å². The van der Waals surface area contributed by atoms with Gasteiger partial charge < -0.3 is 5.11 Å². The lowest BCUT2D eigenvalue weighted by Gasteiger charge is -2.20. The predicted molar refractivity (Wildman–Crippen MR) is 109 cm³/mol. The van der Waals surface area contributed by atoms with Gasteiger partial charge in [0.15, 0.2) is 0 Å². The molecule has 0 bridgehead atoms. The number of carboxylic acids is 1. The number of benzene rings is 2. The Bertz CT molecular complexity index is 964. The largest absolute Gasteiger partial charge is 0.481 e. The predicted octanol–water partition coefficient (Wildman–Crippen LogP) is 4.59. The van der Waals surface area contributed by atoms with Crippen molar-refractivity contribution in [2.24, 2.45) is 0 Å². The van der Waals surface area contributed by atoms with Gasteiger partial charge in [0, 0.05) is 23.4 Å². The molecule has 1 aromatic heterocycles. The van der Waals surface area contributed by atoms with Gasteiger partial charge in [0.05, 0.1) is 6.42 Å². The molecular formula is C24H23NO3. The fraction of sp³-hybridized carbons (Fsp3) is 0.208. The lowest BCUT2D eigenvalue weighted by Crippen LogP contribution is -2.07. The van der Waals surface area contributed by atoms with E-state index in [9.17, 15) is 9.59 Å². The molecule has 0 radical (unpaired) electrons. The number of carbonyl (C=O) groups is 2. The van der Waals surface area contributed by atoms with E-state index in [1.165, 1.54) is 0 Å². The Morgan fingerprint density at radius 2 is 1.79 bits per heavy atom. The van der Waals surface area contributed by atoms with Crippen molar-refractivity contribution in [1.82, 2.24) is 4.98 Å². The number of nitrogens with zero attached hydrogens (tertiary/aromatic N) is 1. The zero-order valence-electron chi connectivity index (χ0n) is 15.8. The van der Waals surface area contributed by atoms with Gasteiger partial charge in [0.25, 0.3) is 0 Å².